The van der Waals surface area contributed by atoms with E-state index < -0.39 is 9.84 Å². The zero-order valence-electron chi connectivity index (χ0n) is 15.1. The van der Waals surface area contributed by atoms with Gasteiger partial charge in [0.25, 0.3) is 0 Å². The van der Waals surface area contributed by atoms with Gasteiger partial charge in [-0.25, -0.2) is 8.42 Å². The van der Waals surface area contributed by atoms with Crippen molar-refractivity contribution in [2.45, 2.75) is 25.9 Å². The molecule has 6 heteroatoms. The van der Waals surface area contributed by atoms with Crippen LogP contribution in [-0.4, -0.2) is 36.8 Å². The van der Waals surface area contributed by atoms with Crippen LogP contribution in [0, 0.1) is 6.92 Å². The first-order valence-electron chi connectivity index (χ1n) is 8.83. The number of aryl methyl sites for hydroxylation is 1. The van der Waals surface area contributed by atoms with E-state index in [9.17, 15) is 13.2 Å². The molecule has 1 atom stereocenters. The molecule has 0 bridgehead atoms. The molecule has 2 aromatic rings. The highest BCUT2D eigenvalue weighted by atomic mass is 35.5. The lowest BCUT2D eigenvalue weighted by Crippen LogP contribution is -2.39. The van der Waals surface area contributed by atoms with Crippen molar-refractivity contribution < 1.29 is 13.2 Å². The Kier molecular flexibility index (Phi) is 6.02. The van der Waals surface area contributed by atoms with Gasteiger partial charge in [-0.05, 0) is 42.7 Å². The van der Waals surface area contributed by atoms with Gasteiger partial charge in [-0.15, -0.1) is 0 Å². The molecule has 1 fully saturated rings. The minimum atomic E-state index is -3.08. The van der Waals surface area contributed by atoms with Crippen LogP contribution in [-0.2, 0) is 21.2 Å². The molecule has 1 aliphatic rings. The van der Waals surface area contributed by atoms with E-state index in [0.717, 1.165) is 16.7 Å². The van der Waals surface area contributed by atoms with Crippen LogP contribution in [0.25, 0.3) is 6.08 Å². The minimum Gasteiger partial charge on any atom is -0.331 e. The van der Waals surface area contributed by atoms with Crippen molar-refractivity contribution in [3.05, 3.63) is 76.3 Å². The predicted molar refractivity (Wildman–Crippen MR) is 109 cm³/mol. The summed E-state index contributed by atoms with van der Waals surface area (Å²) in [7, 11) is -3.08. The van der Waals surface area contributed by atoms with Gasteiger partial charge >= 0.3 is 0 Å². The molecule has 1 amide bonds. The standard InChI is InChI=1S/C21H22ClNO3S/c1-16-2-4-17(5-3-16)8-11-21(24)23(20-12-13-27(25,26)15-20)14-18-6-9-19(22)10-7-18/h2-11,20H,12-15H2,1H3. The molecule has 1 unspecified atom stereocenters. The lowest BCUT2D eigenvalue weighted by Gasteiger charge is -2.27. The molecule has 0 saturated carbocycles. The van der Waals surface area contributed by atoms with E-state index in [1.54, 1.807) is 23.1 Å². The van der Waals surface area contributed by atoms with Gasteiger partial charge in [-0.3, -0.25) is 4.79 Å². The Balaban J connectivity index is 1.80. The summed E-state index contributed by atoms with van der Waals surface area (Å²) < 4.78 is 23.8. The van der Waals surface area contributed by atoms with Crippen LogP contribution < -0.4 is 0 Å². The van der Waals surface area contributed by atoms with E-state index in [-0.39, 0.29) is 23.5 Å². The van der Waals surface area contributed by atoms with Crippen LogP contribution >= 0.6 is 11.6 Å². The van der Waals surface area contributed by atoms with Crippen LogP contribution in [0.4, 0.5) is 0 Å². The Morgan fingerprint density at radius 1 is 1.15 bits per heavy atom. The van der Waals surface area contributed by atoms with Crippen molar-refractivity contribution in [2.75, 3.05) is 11.5 Å². The quantitative estimate of drug-likeness (QED) is 0.712. The number of hydrogen-bond acceptors (Lipinski definition) is 3. The molecule has 2 aromatic carbocycles. The number of halogens is 1. The van der Waals surface area contributed by atoms with Crippen molar-refractivity contribution in [2.24, 2.45) is 0 Å². The van der Waals surface area contributed by atoms with Gasteiger partial charge in [0.2, 0.25) is 5.91 Å². The van der Waals surface area contributed by atoms with Crippen LogP contribution in [0.3, 0.4) is 0 Å². The molecule has 0 spiro atoms. The molecule has 27 heavy (non-hydrogen) atoms. The van der Waals surface area contributed by atoms with Gasteiger partial charge in [0.1, 0.15) is 0 Å². The number of sulfone groups is 1. The van der Waals surface area contributed by atoms with E-state index in [1.165, 1.54) is 6.08 Å². The Bertz CT molecular complexity index is 934. The van der Waals surface area contributed by atoms with Crippen LogP contribution in [0.5, 0.6) is 0 Å². The smallest absolute Gasteiger partial charge is 0.247 e. The largest absolute Gasteiger partial charge is 0.331 e. The highest BCUT2D eigenvalue weighted by Gasteiger charge is 2.34. The fourth-order valence-corrected chi connectivity index (χ4v) is 4.99. The molecule has 0 radical (unpaired) electrons. The zero-order valence-corrected chi connectivity index (χ0v) is 16.7. The second-order valence-electron chi connectivity index (χ2n) is 6.89. The molecule has 0 N–H and O–H groups in total. The first-order valence-corrected chi connectivity index (χ1v) is 11.0. The number of benzene rings is 2. The summed E-state index contributed by atoms with van der Waals surface area (Å²) in [6.07, 6.45) is 3.76. The normalized spacial score (nSPS) is 18.7. The minimum absolute atomic E-state index is 0.0186. The molecule has 1 saturated heterocycles. The van der Waals surface area contributed by atoms with Crippen LogP contribution in [0.15, 0.2) is 54.6 Å². The SMILES string of the molecule is Cc1ccc(C=CC(=O)N(Cc2ccc(Cl)cc2)C2CCS(=O)(=O)C2)cc1. The average molecular weight is 404 g/mol. The van der Waals surface area contributed by atoms with Crippen LogP contribution in [0.1, 0.15) is 23.1 Å². The van der Waals surface area contributed by atoms with E-state index in [0.29, 0.717) is 18.0 Å². The maximum atomic E-state index is 12.9. The molecule has 0 aliphatic carbocycles. The van der Waals surface area contributed by atoms with Crippen molar-refractivity contribution in [1.82, 2.24) is 4.90 Å². The summed E-state index contributed by atoms with van der Waals surface area (Å²) in [4.78, 5) is 14.5. The second kappa shape index (κ2) is 8.28. The van der Waals surface area contributed by atoms with Gasteiger partial charge in [0, 0.05) is 23.7 Å². The molecule has 142 valence electrons. The number of carbonyl (C=O) groups is 1. The summed E-state index contributed by atoms with van der Waals surface area (Å²) in [5.41, 5.74) is 3.00. The lowest BCUT2D eigenvalue weighted by molar-refractivity contribution is -0.128. The monoisotopic (exact) mass is 403 g/mol. The molecule has 3 rings (SSSR count). The van der Waals surface area contributed by atoms with E-state index in [1.807, 2.05) is 43.3 Å². The van der Waals surface area contributed by atoms with Gasteiger partial charge in [-0.1, -0.05) is 53.6 Å². The summed E-state index contributed by atoms with van der Waals surface area (Å²) in [5.74, 6) is -0.0401. The maximum absolute atomic E-state index is 12.9. The second-order valence-corrected chi connectivity index (χ2v) is 9.56. The number of nitrogens with zero attached hydrogens (tertiary/aromatic N) is 1. The fourth-order valence-electron chi connectivity index (χ4n) is 3.14. The van der Waals surface area contributed by atoms with Crippen molar-refractivity contribution in [3.63, 3.8) is 0 Å². The number of carbonyl (C=O) groups excluding carboxylic acids is 1. The molecule has 4 nitrogen and oxygen atoms in total. The third-order valence-corrected chi connectivity index (χ3v) is 6.70. The maximum Gasteiger partial charge on any atom is 0.247 e. The average Bonchev–Trinajstić information content (AvgIpc) is 3.00. The predicted octanol–water partition coefficient (Wildman–Crippen LogP) is 3.88. The summed E-state index contributed by atoms with van der Waals surface area (Å²) in [6.45, 7) is 2.36. The Hall–Kier alpha value is -2.11. The molecule has 0 aromatic heterocycles. The Labute approximate surface area is 165 Å². The van der Waals surface area contributed by atoms with Crippen molar-refractivity contribution in [3.8, 4) is 0 Å². The number of amides is 1. The highest BCUT2D eigenvalue weighted by Crippen LogP contribution is 2.21. The summed E-state index contributed by atoms with van der Waals surface area (Å²) in [5, 5.41) is 0.624. The lowest BCUT2D eigenvalue weighted by atomic mass is 10.1. The molecular formula is C21H22ClNO3S. The third kappa shape index (κ3) is 5.44. The first kappa shape index (κ1) is 19.6. The number of rotatable bonds is 5. The van der Waals surface area contributed by atoms with Gasteiger partial charge in [-0.2, -0.15) is 0 Å². The summed E-state index contributed by atoms with van der Waals surface area (Å²) in [6, 6.07) is 14.8. The summed E-state index contributed by atoms with van der Waals surface area (Å²) >= 11 is 5.93. The number of hydrogen-bond donors (Lipinski definition) is 0. The van der Waals surface area contributed by atoms with E-state index in [4.69, 9.17) is 11.6 Å². The fraction of sp³-hybridized carbons (Fsp3) is 0.286. The van der Waals surface area contributed by atoms with Crippen molar-refractivity contribution >= 4 is 33.4 Å². The van der Waals surface area contributed by atoms with E-state index >= 15 is 0 Å². The zero-order chi connectivity index (χ0) is 19.4. The Morgan fingerprint density at radius 2 is 1.81 bits per heavy atom. The first-order chi connectivity index (χ1) is 12.8. The van der Waals surface area contributed by atoms with Gasteiger partial charge in [0.15, 0.2) is 9.84 Å². The van der Waals surface area contributed by atoms with Crippen LogP contribution in [0.2, 0.25) is 5.02 Å². The molecular weight excluding hydrogens is 382 g/mol. The van der Waals surface area contributed by atoms with E-state index in [2.05, 4.69) is 0 Å². The highest BCUT2D eigenvalue weighted by molar-refractivity contribution is 7.91. The van der Waals surface area contributed by atoms with Gasteiger partial charge in [0.05, 0.1) is 11.5 Å². The molecule has 1 heterocycles. The van der Waals surface area contributed by atoms with Gasteiger partial charge < -0.3 is 4.90 Å². The Morgan fingerprint density at radius 3 is 2.41 bits per heavy atom. The topological polar surface area (TPSA) is 54.5 Å². The third-order valence-electron chi connectivity index (χ3n) is 4.69. The van der Waals surface area contributed by atoms with Crippen molar-refractivity contribution in [1.29, 1.82) is 0 Å². The molecule has 1 aliphatic heterocycles.